The maximum absolute atomic E-state index is 3.34. The maximum atomic E-state index is 3.34. The highest BCUT2D eigenvalue weighted by Crippen LogP contribution is 2.13. The van der Waals surface area contributed by atoms with Crippen molar-refractivity contribution in [2.75, 3.05) is 0 Å². The van der Waals surface area contributed by atoms with E-state index in [2.05, 4.69) is 51.7 Å². The Hall–Kier alpha value is 0.350. The van der Waals surface area contributed by atoms with Crippen LogP contribution >= 0.6 is 8.88 Å². The minimum Gasteiger partial charge on any atom is -0.273 e. The largest absolute Gasteiger partial charge is 0.273 e. The van der Waals surface area contributed by atoms with E-state index in [-0.39, 0.29) is 11.1 Å². The summed E-state index contributed by atoms with van der Waals surface area (Å²) in [7, 11) is 1.10. The minimum atomic E-state index is 0.194. The van der Waals surface area contributed by atoms with Crippen LogP contribution in [0.3, 0.4) is 0 Å². The predicted octanol–water partition coefficient (Wildman–Crippen LogP) is 2.54. The van der Waals surface area contributed by atoms with Gasteiger partial charge in [-0.2, -0.15) is 0 Å². The third kappa shape index (κ3) is 10.4. The van der Waals surface area contributed by atoms with Crippen LogP contribution in [0.1, 0.15) is 41.5 Å². The third-order valence-corrected chi connectivity index (χ3v) is 2.35. The van der Waals surface area contributed by atoms with Crippen molar-refractivity contribution in [2.45, 2.75) is 52.6 Å². The summed E-state index contributed by atoms with van der Waals surface area (Å²) in [6.45, 7) is 12.9. The van der Waals surface area contributed by atoms with Gasteiger partial charge in [-0.25, -0.2) is 0 Å². The van der Waals surface area contributed by atoms with Gasteiger partial charge in [-0.15, -0.1) is 0 Å². The molecule has 0 heterocycles. The lowest BCUT2D eigenvalue weighted by Gasteiger charge is -2.24. The van der Waals surface area contributed by atoms with E-state index in [1.165, 1.54) is 0 Å². The van der Waals surface area contributed by atoms with Gasteiger partial charge in [0.2, 0.25) is 0 Å². The second kappa shape index (κ2) is 3.84. The fourth-order valence-electron chi connectivity index (χ4n) is 0.363. The molecule has 0 bridgehead atoms. The van der Waals surface area contributed by atoms with Crippen LogP contribution in [-0.2, 0) is 0 Å². The third-order valence-electron chi connectivity index (χ3n) is 0.783. The minimum absolute atomic E-state index is 0.194. The molecular formula is C8H20N2P. The SMILES string of the molecule is CC(C)(C)N[P]NC(C)(C)C. The number of nitrogens with one attached hydrogen (secondary N) is 2. The molecule has 0 aromatic carbocycles. The standard InChI is InChI=1S/C8H20N2P/c1-7(2,3)9-11-10-8(4,5)6/h9-10H,1-6H3. The molecule has 0 aliphatic heterocycles. The Labute approximate surface area is 72.4 Å². The molecule has 0 aromatic heterocycles. The molecule has 0 atom stereocenters. The van der Waals surface area contributed by atoms with Crippen LogP contribution in [0.5, 0.6) is 0 Å². The highest BCUT2D eigenvalue weighted by Gasteiger charge is 2.12. The first kappa shape index (κ1) is 11.4. The van der Waals surface area contributed by atoms with E-state index in [0.717, 1.165) is 8.88 Å². The monoisotopic (exact) mass is 175 g/mol. The molecule has 1 radical (unpaired) electrons. The summed E-state index contributed by atoms with van der Waals surface area (Å²) in [5.74, 6) is 0. The van der Waals surface area contributed by atoms with Gasteiger partial charge in [0, 0.05) is 11.1 Å². The molecule has 3 heteroatoms. The lowest BCUT2D eigenvalue weighted by Crippen LogP contribution is -2.36. The van der Waals surface area contributed by atoms with Crippen LogP contribution in [0.4, 0.5) is 0 Å². The van der Waals surface area contributed by atoms with Gasteiger partial charge >= 0.3 is 0 Å². The van der Waals surface area contributed by atoms with Gasteiger partial charge in [0.15, 0.2) is 0 Å². The fourth-order valence-corrected chi connectivity index (χ4v) is 1.09. The number of rotatable bonds is 2. The summed E-state index contributed by atoms with van der Waals surface area (Å²) < 4.78 is 0. The maximum Gasteiger partial charge on any atom is 0.0924 e. The summed E-state index contributed by atoms with van der Waals surface area (Å²) in [5.41, 5.74) is 0.389. The summed E-state index contributed by atoms with van der Waals surface area (Å²) in [5, 5.41) is 6.68. The Balaban J connectivity index is 3.44. The molecule has 0 aliphatic carbocycles. The van der Waals surface area contributed by atoms with Gasteiger partial charge in [0.1, 0.15) is 0 Å². The van der Waals surface area contributed by atoms with Crippen molar-refractivity contribution in [1.82, 2.24) is 10.2 Å². The Morgan fingerprint density at radius 3 is 1.18 bits per heavy atom. The molecule has 0 fully saturated rings. The van der Waals surface area contributed by atoms with Gasteiger partial charge in [-0.05, 0) is 41.5 Å². The van der Waals surface area contributed by atoms with Crippen molar-refractivity contribution in [3.63, 3.8) is 0 Å². The van der Waals surface area contributed by atoms with Crippen molar-refractivity contribution in [3.05, 3.63) is 0 Å². The molecule has 0 amide bonds. The van der Waals surface area contributed by atoms with E-state index < -0.39 is 0 Å². The Morgan fingerprint density at radius 1 is 0.727 bits per heavy atom. The highest BCUT2D eigenvalue weighted by molar-refractivity contribution is 7.33. The Morgan fingerprint density at radius 2 is 1.00 bits per heavy atom. The summed E-state index contributed by atoms with van der Waals surface area (Å²) in [4.78, 5) is 0. The smallest absolute Gasteiger partial charge is 0.0924 e. The van der Waals surface area contributed by atoms with Crippen molar-refractivity contribution in [3.8, 4) is 0 Å². The van der Waals surface area contributed by atoms with Gasteiger partial charge in [0.25, 0.3) is 0 Å². The predicted molar refractivity (Wildman–Crippen MR) is 52.7 cm³/mol. The van der Waals surface area contributed by atoms with E-state index in [1.54, 1.807) is 0 Å². The average Bonchev–Trinajstić information content (AvgIpc) is 1.55. The van der Waals surface area contributed by atoms with Gasteiger partial charge in [-0.3, -0.25) is 10.2 Å². The molecule has 0 unspecified atom stereocenters. The molecule has 2 N–H and O–H groups in total. The van der Waals surface area contributed by atoms with Crippen LogP contribution < -0.4 is 10.2 Å². The van der Waals surface area contributed by atoms with Crippen LogP contribution in [0.2, 0.25) is 0 Å². The molecule has 67 valence electrons. The van der Waals surface area contributed by atoms with Crippen LogP contribution in [0, 0.1) is 0 Å². The zero-order chi connectivity index (χ0) is 9.12. The first-order valence-corrected chi connectivity index (χ1v) is 4.84. The van der Waals surface area contributed by atoms with Gasteiger partial charge in [0.05, 0.1) is 8.88 Å². The first-order valence-electron chi connectivity index (χ1n) is 3.95. The summed E-state index contributed by atoms with van der Waals surface area (Å²) >= 11 is 0. The van der Waals surface area contributed by atoms with Crippen molar-refractivity contribution < 1.29 is 0 Å². The molecule has 0 saturated carbocycles. The first-order chi connectivity index (χ1) is 4.71. The zero-order valence-corrected chi connectivity index (χ0v) is 9.34. The quantitative estimate of drug-likeness (QED) is 0.630. The van der Waals surface area contributed by atoms with E-state index in [1.807, 2.05) is 0 Å². The zero-order valence-electron chi connectivity index (χ0n) is 8.45. The second-order valence-corrected chi connectivity index (χ2v) is 5.51. The summed E-state index contributed by atoms with van der Waals surface area (Å²) in [6.07, 6.45) is 0. The molecule has 0 saturated heterocycles. The highest BCUT2D eigenvalue weighted by atomic mass is 31.1. The Kier molecular flexibility index (Phi) is 3.96. The Bertz CT molecular complexity index is 96.2. The van der Waals surface area contributed by atoms with E-state index in [0.29, 0.717) is 0 Å². The molecule has 0 spiro atoms. The van der Waals surface area contributed by atoms with E-state index in [9.17, 15) is 0 Å². The van der Waals surface area contributed by atoms with Crippen LogP contribution in [-0.4, -0.2) is 11.1 Å². The van der Waals surface area contributed by atoms with Crippen LogP contribution in [0.25, 0.3) is 0 Å². The van der Waals surface area contributed by atoms with Gasteiger partial charge < -0.3 is 0 Å². The molecule has 0 rings (SSSR count). The van der Waals surface area contributed by atoms with Crippen molar-refractivity contribution in [2.24, 2.45) is 0 Å². The van der Waals surface area contributed by atoms with Crippen molar-refractivity contribution >= 4 is 8.88 Å². The van der Waals surface area contributed by atoms with E-state index in [4.69, 9.17) is 0 Å². The average molecular weight is 175 g/mol. The molecule has 2 nitrogen and oxygen atoms in total. The lowest BCUT2D eigenvalue weighted by atomic mass is 10.1. The number of hydrogen-bond donors (Lipinski definition) is 2. The molecular weight excluding hydrogens is 155 g/mol. The molecule has 0 aliphatic rings. The molecule has 11 heavy (non-hydrogen) atoms. The number of hydrogen-bond acceptors (Lipinski definition) is 2. The fraction of sp³-hybridized carbons (Fsp3) is 1.00. The lowest BCUT2D eigenvalue weighted by molar-refractivity contribution is 0.502. The summed E-state index contributed by atoms with van der Waals surface area (Å²) in [6, 6.07) is 0. The van der Waals surface area contributed by atoms with Gasteiger partial charge in [-0.1, -0.05) is 0 Å². The molecule has 0 aromatic rings. The topological polar surface area (TPSA) is 24.1 Å². The normalized spacial score (nSPS) is 13.6. The second-order valence-electron chi connectivity index (χ2n) is 4.84. The van der Waals surface area contributed by atoms with Crippen molar-refractivity contribution in [1.29, 1.82) is 0 Å². The van der Waals surface area contributed by atoms with E-state index >= 15 is 0 Å². The van der Waals surface area contributed by atoms with Crippen LogP contribution in [0.15, 0.2) is 0 Å².